The van der Waals surface area contributed by atoms with Gasteiger partial charge in [-0.05, 0) is 39.0 Å². The molecule has 2 rings (SSSR count). The van der Waals surface area contributed by atoms with E-state index >= 15 is 0 Å². The maximum Gasteiger partial charge on any atom is 0.239 e. The number of carbonyl (C=O) groups is 1. The van der Waals surface area contributed by atoms with Crippen molar-refractivity contribution in [3.05, 3.63) is 41.3 Å². The molecule has 7 nitrogen and oxygen atoms in total. The van der Waals surface area contributed by atoms with Gasteiger partial charge in [0.25, 0.3) is 0 Å². The second kappa shape index (κ2) is 7.59. The molecule has 0 saturated carbocycles. The smallest absolute Gasteiger partial charge is 0.239 e. The Morgan fingerprint density at radius 2 is 2.21 bits per heavy atom. The molecule has 1 amide bonds. The summed E-state index contributed by atoms with van der Waals surface area (Å²) >= 11 is 0. The first-order valence-corrected chi connectivity index (χ1v) is 7.76. The number of likely N-dealkylation sites (N-methyl/N-ethyl adjacent to an activating group) is 1. The van der Waals surface area contributed by atoms with E-state index in [0.29, 0.717) is 17.9 Å². The van der Waals surface area contributed by atoms with Crippen molar-refractivity contribution in [2.45, 2.75) is 33.4 Å². The van der Waals surface area contributed by atoms with Crippen molar-refractivity contribution in [1.82, 2.24) is 20.1 Å². The van der Waals surface area contributed by atoms with Crippen molar-refractivity contribution in [2.24, 2.45) is 0 Å². The molecule has 0 fully saturated rings. The molecule has 2 aromatic rings. The summed E-state index contributed by atoms with van der Waals surface area (Å²) in [5.74, 6) is 0.563. The van der Waals surface area contributed by atoms with Crippen LogP contribution in [0.1, 0.15) is 23.9 Å². The number of aromatic nitrogens is 3. The molecule has 0 aliphatic rings. The molecule has 0 spiro atoms. The second-order valence-electron chi connectivity index (χ2n) is 5.95. The van der Waals surface area contributed by atoms with Crippen LogP contribution in [0.3, 0.4) is 0 Å². The summed E-state index contributed by atoms with van der Waals surface area (Å²) in [7, 11) is 1.79. The molecule has 1 N–H and O–H groups in total. The van der Waals surface area contributed by atoms with E-state index in [0.717, 1.165) is 11.4 Å². The number of rotatable bonds is 6. The Morgan fingerprint density at radius 1 is 1.46 bits per heavy atom. The fourth-order valence-corrected chi connectivity index (χ4v) is 2.46. The third-order valence-corrected chi connectivity index (χ3v) is 3.61. The number of nitrogens with one attached hydrogen (secondary N) is 1. The number of pyridine rings is 1. The van der Waals surface area contributed by atoms with E-state index in [1.165, 1.54) is 6.20 Å². The highest BCUT2D eigenvalue weighted by molar-refractivity contribution is 5.81. The molecule has 1 atom stereocenters. The molecule has 0 aliphatic carbocycles. The van der Waals surface area contributed by atoms with E-state index in [2.05, 4.69) is 15.4 Å². The number of hydrogen-bond acceptors (Lipinski definition) is 5. The van der Waals surface area contributed by atoms with Crippen LogP contribution in [0.2, 0.25) is 0 Å². The summed E-state index contributed by atoms with van der Waals surface area (Å²) < 4.78 is 1.90. The van der Waals surface area contributed by atoms with Crippen LogP contribution in [0.25, 0.3) is 0 Å². The fraction of sp³-hybridized carbons (Fsp3) is 0.412. The lowest BCUT2D eigenvalue weighted by atomic mass is 10.3. The number of aryl methyl sites for hydroxylation is 2. The van der Waals surface area contributed by atoms with Gasteiger partial charge in [0.2, 0.25) is 5.91 Å². The maximum absolute atomic E-state index is 12.2. The van der Waals surface area contributed by atoms with E-state index in [1.807, 2.05) is 37.6 Å². The Kier molecular flexibility index (Phi) is 5.53. The number of nitrogens with zero attached hydrogens (tertiary/aromatic N) is 5. The number of hydrogen-bond donors (Lipinski definition) is 1. The van der Waals surface area contributed by atoms with Crippen LogP contribution in [0.5, 0.6) is 0 Å². The van der Waals surface area contributed by atoms with Gasteiger partial charge in [-0.1, -0.05) is 0 Å². The standard InChI is InChI=1S/C17H22N6O/c1-12-7-14(3)23(21-12)10-13(2)20-17(24)11-22(4)16-6-5-15(8-18)9-19-16/h5-7,9,13H,10-11H2,1-4H3,(H,20,24). The minimum absolute atomic E-state index is 0.0298. The van der Waals surface area contributed by atoms with E-state index in [1.54, 1.807) is 24.1 Å². The minimum atomic E-state index is -0.0855. The van der Waals surface area contributed by atoms with Crippen LogP contribution in [0.15, 0.2) is 24.4 Å². The summed E-state index contributed by atoms with van der Waals surface area (Å²) in [6.07, 6.45) is 1.50. The zero-order valence-corrected chi connectivity index (χ0v) is 14.4. The van der Waals surface area contributed by atoms with Crippen LogP contribution in [-0.2, 0) is 11.3 Å². The lowest BCUT2D eigenvalue weighted by Gasteiger charge is -2.20. The van der Waals surface area contributed by atoms with Crippen LogP contribution in [-0.4, -0.2) is 40.3 Å². The molecule has 0 bridgehead atoms. The largest absolute Gasteiger partial charge is 0.350 e. The number of amides is 1. The van der Waals surface area contributed by atoms with E-state index < -0.39 is 0 Å². The second-order valence-corrected chi connectivity index (χ2v) is 5.95. The van der Waals surface area contributed by atoms with Gasteiger partial charge in [0.15, 0.2) is 0 Å². The van der Waals surface area contributed by atoms with E-state index in [4.69, 9.17) is 5.26 Å². The van der Waals surface area contributed by atoms with Crippen molar-refractivity contribution >= 4 is 11.7 Å². The van der Waals surface area contributed by atoms with Gasteiger partial charge >= 0.3 is 0 Å². The first kappa shape index (κ1) is 17.5. The van der Waals surface area contributed by atoms with Gasteiger partial charge in [-0.25, -0.2) is 4.98 Å². The van der Waals surface area contributed by atoms with E-state index in [-0.39, 0.29) is 18.5 Å². The average molecular weight is 326 g/mol. The predicted molar refractivity (Wildman–Crippen MR) is 91.5 cm³/mol. The number of anilines is 1. The maximum atomic E-state index is 12.2. The van der Waals surface area contributed by atoms with Gasteiger partial charge in [-0.2, -0.15) is 10.4 Å². The van der Waals surface area contributed by atoms with Crippen LogP contribution in [0.4, 0.5) is 5.82 Å². The predicted octanol–water partition coefficient (Wildman–Crippen LogP) is 1.41. The Hall–Kier alpha value is -2.88. The van der Waals surface area contributed by atoms with Gasteiger partial charge in [-0.15, -0.1) is 0 Å². The molecule has 2 heterocycles. The number of carbonyl (C=O) groups excluding carboxylic acids is 1. The molecule has 24 heavy (non-hydrogen) atoms. The highest BCUT2D eigenvalue weighted by Crippen LogP contribution is 2.08. The Bertz CT molecular complexity index is 743. The zero-order chi connectivity index (χ0) is 17.7. The lowest BCUT2D eigenvalue weighted by molar-refractivity contribution is -0.120. The van der Waals surface area contributed by atoms with Crippen molar-refractivity contribution < 1.29 is 4.79 Å². The summed E-state index contributed by atoms with van der Waals surface area (Å²) in [4.78, 5) is 18.1. The van der Waals surface area contributed by atoms with Crippen molar-refractivity contribution in [2.75, 3.05) is 18.5 Å². The molecule has 0 aromatic carbocycles. The van der Waals surface area contributed by atoms with Gasteiger partial charge in [0.1, 0.15) is 11.9 Å². The quantitative estimate of drug-likeness (QED) is 0.867. The number of nitriles is 1. The average Bonchev–Trinajstić information content (AvgIpc) is 2.84. The lowest BCUT2D eigenvalue weighted by Crippen LogP contribution is -2.42. The van der Waals surface area contributed by atoms with Crippen molar-refractivity contribution in [3.8, 4) is 6.07 Å². The summed E-state index contributed by atoms with van der Waals surface area (Å²) in [6.45, 7) is 6.73. The van der Waals surface area contributed by atoms with Crippen molar-refractivity contribution in [1.29, 1.82) is 5.26 Å². The van der Waals surface area contributed by atoms with Crippen LogP contribution < -0.4 is 10.2 Å². The Balaban J connectivity index is 1.87. The highest BCUT2D eigenvalue weighted by atomic mass is 16.2. The molecule has 1 unspecified atom stereocenters. The highest BCUT2D eigenvalue weighted by Gasteiger charge is 2.13. The molecule has 0 radical (unpaired) electrons. The topological polar surface area (TPSA) is 86.8 Å². The van der Waals surface area contributed by atoms with Gasteiger partial charge in [-0.3, -0.25) is 9.48 Å². The molecule has 7 heteroatoms. The molecule has 126 valence electrons. The summed E-state index contributed by atoms with van der Waals surface area (Å²) in [6, 6.07) is 7.41. The summed E-state index contributed by atoms with van der Waals surface area (Å²) in [5.41, 5.74) is 2.54. The third kappa shape index (κ3) is 4.56. The van der Waals surface area contributed by atoms with Gasteiger partial charge in [0, 0.05) is 25.0 Å². The SMILES string of the molecule is Cc1cc(C)n(CC(C)NC(=O)CN(C)c2ccc(C#N)cn2)n1. The van der Waals surface area contributed by atoms with Gasteiger partial charge < -0.3 is 10.2 Å². The van der Waals surface area contributed by atoms with Crippen LogP contribution in [0, 0.1) is 25.2 Å². The van der Waals surface area contributed by atoms with Crippen molar-refractivity contribution in [3.63, 3.8) is 0 Å². The molecular formula is C17H22N6O. The normalized spacial score (nSPS) is 11.6. The molecule has 0 saturated heterocycles. The van der Waals surface area contributed by atoms with E-state index in [9.17, 15) is 4.79 Å². The monoisotopic (exact) mass is 326 g/mol. The Labute approximate surface area is 141 Å². The first-order valence-electron chi connectivity index (χ1n) is 7.76. The fourth-order valence-electron chi connectivity index (χ4n) is 2.46. The molecular weight excluding hydrogens is 304 g/mol. The zero-order valence-electron chi connectivity index (χ0n) is 14.4. The minimum Gasteiger partial charge on any atom is -0.350 e. The van der Waals surface area contributed by atoms with Gasteiger partial charge in [0.05, 0.1) is 24.3 Å². The third-order valence-electron chi connectivity index (χ3n) is 3.61. The molecule has 2 aromatic heterocycles. The first-order chi connectivity index (χ1) is 11.4. The Morgan fingerprint density at radius 3 is 2.75 bits per heavy atom. The molecule has 0 aliphatic heterocycles. The summed E-state index contributed by atoms with van der Waals surface area (Å²) in [5, 5.41) is 16.1. The van der Waals surface area contributed by atoms with Crippen LogP contribution >= 0.6 is 0 Å².